The van der Waals surface area contributed by atoms with Crippen molar-refractivity contribution in [3.8, 4) is 0 Å². The van der Waals surface area contributed by atoms with Crippen LogP contribution < -0.4 is 0 Å². The van der Waals surface area contributed by atoms with Crippen molar-refractivity contribution < 1.29 is 24.2 Å². The van der Waals surface area contributed by atoms with Crippen LogP contribution >= 0.6 is 0 Å². The molecule has 1 aromatic rings. The molecular formula is C27H33N3O5. The molecule has 1 N–H and O–H groups in total. The Balaban J connectivity index is 1.57. The molecule has 1 aromatic carbocycles. The minimum Gasteiger partial charge on any atom is -0.394 e. The van der Waals surface area contributed by atoms with Crippen molar-refractivity contribution in [1.29, 1.82) is 0 Å². The SMILES string of the molecule is CCCN1CC=C[C@H]2O[C@]34C=CCN(Cc5ccccc5)C(=O)C3N([C@H](C)CO)C(=O)[C@@H]4[C@H]2C1=O. The lowest BCUT2D eigenvalue weighted by molar-refractivity contribution is -0.151. The van der Waals surface area contributed by atoms with Crippen LogP contribution in [0, 0.1) is 11.8 Å². The van der Waals surface area contributed by atoms with Crippen LogP contribution in [0.25, 0.3) is 0 Å². The number of rotatable bonds is 6. The lowest BCUT2D eigenvalue weighted by atomic mass is 9.77. The summed E-state index contributed by atoms with van der Waals surface area (Å²) in [6.07, 6.45) is 7.76. The number of fused-ring (bicyclic) bond motifs is 2. The van der Waals surface area contributed by atoms with Gasteiger partial charge < -0.3 is 24.5 Å². The summed E-state index contributed by atoms with van der Waals surface area (Å²) in [6.45, 7) is 5.31. The number of nitrogens with zero attached hydrogens (tertiary/aromatic N) is 3. The van der Waals surface area contributed by atoms with E-state index in [0.717, 1.165) is 12.0 Å². The van der Waals surface area contributed by atoms with Crippen molar-refractivity contribution in [3.05, 3.63) is 60.2 Å². The Labute approximate surface area is 205 Å². The van der Waals surface area contributed by atoms with Crippen molar-refractivity contribution in [2.45, 2.75) is 50.6 Å². The van der Waals surface area contributed by atoms with Crippen LogP contribution in [0.2, 0.25) is 0 Å². The first-order chi connectivity index (χ1) is 16.9. The summed E-state index contributed by atoms with van der Waals surface area (Å²) in [6, 6.07) is 8.17. The Morgan fingerprint density at radius 3 is 2.51 bits per heavy atom. The van der Waals surface area contributed by atoms with Gasteiger partial charge in [0.05, 0.1) is 30.6 Å². The van der Waals surface area contributed by atoms with E-state index in [1.54, 1.807) is 16.7 Å². The number of amides is 3. The normalized spacial score (nSPS) is 32.9. The van der Waals surface area contributed by atoms with E-state index < -0.39 is 35.6 Å². The van der Waals surface area contributed by atoms with Gasteiger partial charge in [-0.15, -0.1) is 0 Å². The molecule has 35 heavy (non-hydrogen) atoms. The fourth-order valence-electron chi connectivity index (χ4n) is 6.15. The third-order valence-corrected chi connectivity index (χ3v) is 7.71. The zero-order chi connectivity index (χ0) is 24.7. The third-order valence-electron chi connectivity index (χ3n) is 7.71. The van der Waals surface area contributed by atoms with Crippen molar-refractivity contribution in [3.63, 3.8) is 0 Å². The second-order valence-corrected chi connectivity index (χ2v) is 9.94. The molecule has 4 heterocycles. The molecule has 1 spiro atoms. The average Bonchev–Trinajstić information content (AvgIpc) is 3.19. The summed E-state index contributed by atoms with van der Waals surface area (Å²) in [4.78, 5) is 46.7. The predicted octanol–water partition coefficient (Wildman–Crippen LogP) is 1.36. The number of aliphatic hydroxyl groups is 1. The van der Waals surface area contributed by atoms with Gasteiger partial charge in [-0.3, -0.25) is 14.4 Å². The number of aliphatic hydroxyl groups excluding tert-OH is 1. The van der Waals surface area contributed by atoms with Gasteiger partial charge in [0.2, 0.25) is 17.7 Å². The van der Waals surface area contributed by atoms with E-state index in [-0.39, 0.29) is 24.3 Å². The summed E-state index contributed by atoms with van der Waals surface area (Å²) >= 11 is 0. The predicted molar refractivity (Wildman–Crippen MR) is 129 cm³/mol. The van der Waals surface area contributed by atoms with Gasteiger partial charge in [-0.05, 0) is 18.9 Å². The molecule has 8 nitrogen and oxygen atoms in total. The topological polar surface area (TPSA) is 90.4 Å². The highest BCUT2D eigenvalue weighted by Gasteiger charge is 2.72. The minimum atomic E-state index is -1.26. The molecule has 3 amide bonds. The van der Waals surface area contributed by atoms with Gasteiger partial charge in [-0.1, -0.05) is 61.6 Å². The van der Waals surface area contributed by atoms with E-state index in [4.69, 9.17) is 4.74 Å². The molecular weight excluding hydrogens is 446 g/mol. The van der Waals surface area contributed by atoms with Gasteiger partial charge >= 0.3 is 0 Å². The molecule has 8 heteroatoms. The van der Waals surface area contributed by atoms with Crippen LogP contribution in [0.4, 0.5) is 0 Å². The van der Waals surface area contributed by atoms with E-state index in [1.165, 1.54) is 4.90 Å². The molecule has 0 aliphatic carbocycles. The maximum absolute atomic E-state index is 14.1. The molecule has 4 aliphatic heterocycles. The molecule has 2 fully saturated rings. The maximum Gasteiger partial charge on any atom is 0.249 e. The number of carbonyl (C=O) groups is 3. The minimum absolute atomic E-state index is 0.111. The number of carbonyl (C=O) groups excluding carboxylic acids is 3. The fourth-order valence-corrected chi connectivity index (χ4v) is 6.15. The zero-order valence-corrected chi connectivity index (χ0v) is 20.2. The third kappa shape index (κ3) is 3.70. The van der Waals surface area contributed by atoms with E-state index in [0.29, 0.717) is 26.2 Å². The van der Waals surface area contributed by atoms with Gasteiger partial charge in [-0.25, -0.2) is 0 Å². The molecule has 1 unspecified atom stereocenters. The first-order valence-electron chi connectivity index (χ1n) is 12.5. The van der Waals surface area contributed by atoms with E-state index in [2.05, 4.69) is 0 Å². The molecule has 0 bridgehead atoms. The van der Waals surface area contributed by atoms with Gasteiger partial charge in [0, 0.05) is 26.2 Å². The van der Waals surface area contributed by atoms with Crippen molar-refractivity contribution in [2.75, 3.05) is 26.2 Å². The molecule has 6 atom stereocenters. The van der Waals surface area contributed by atoms with Crippen molar-refractivity contribution in [2.24, 2.45) is 11.8 Å². The second kappa shape index (κ2) is 9.24. The van der Waals surface area contributed by atoms with E-state index >= 15 is 0 Å². The fraction of sp³-hybridized carbons (Fsp3) is 0.519. The summed E-state index contributed by atoms with van der Waals surface area (Å²) in [5.41, 5.74) is -0.271. The van der Waals surface area contributed by atoms with Crippen LogP contribution in [-0.4, -0.2) is 87.6 Å². The molecule has 186 valence electrons. The van der Waals surface area contributed by atoms with Gasteiger partial charge in [0.25, 0.3) is 0 Å². The van der Waals surface area contributed by atoms with Crippen LogP contribution in [0.5, 0.6) is 0 Å². The molecule has 0 aromatic heterocycles. The van der Waals surface area contributed by atoms with Crippen molar-refractivity contribution in [1.82, 2.24) is 14.7 Å². The second-order valence-electron chi connectivity index (χ2n) is 9.94. The van der Waals surface area contributed by atoms with Crippen LogP contribution in [0.1, 0.15) is 25.8 Å². The molecule has 4 aliphatic rings. The largest absolute Gasteiger partial charge is 0.394 e. The molecule has 2 saturated heterocycles. The monoisotopic (exact) mass is 479 g/mol. The number of hydrogen-bond acceptors (Lipinski definition) is 5. The molecule has 0 radical (unpaired) electrons. The van der Waals surface area contributed by atoms with E-state index in [1.807, 2.05) is 61.6 Å². The zero-order valence-electron chi connectivity index (χ0n) is 20.2. The first-order valence-corrected chi connectivity index (χ1v) is 12.5. The lowest BCUT2D eigenvalue weighted by Crippen LogP contribution is -2.57. The maximum atomic E-state index is 14.1. The van der Waals surface area contributed by atoms with Crippen LogP contribution in [0.15, 0.2) is 54.6 Å². The summed E-state index contributed by atoms with van der Waals surface area (Å²) in [7, 11) is 0. The first kappa shape index (κ1) is 23.8. The Kier molecular flexibility index (Phi) is 6.27. The molecule has 0 saturated carbocycles. The summed E-state index contributed by atoms with van der Waals surface area (Å²) in [5.74, 6) is -2.17. The lowest BCUT2D eigenvalue weighted by Gasteiger charge is -2.37. The highest BCUT2D eigenvalue weighted by atomic mass is 16.5. The number of hydrogen-bond donors (Lipinski definition) is 1. The van der Waals surface area contributed by atoms with Crippen LogP contribution in [0.3, 0.4) is 0 Å². The van der Waals surface area contributed by atoms with Gasteiger partial charge in [0.1, 0.15) is 11.6 Å². The van der Waals surface area contributed by atoms with E-state index in [9.17, 15) is 19.5 Å². The smallest absolute Gasteiger partial charge is 0.249 e. The highest BCUT2D eigenvalue weighted by Crippen LogP contribution is 2.53. The number of likely N-dealkylation sites (tertiary alicyclic amines) is 1. The molecule has 5 rings (SSSR count). The Morgan fingerprint density at radius 1 is 1.06 bits per heavy atom. The number of ether oxygens (including phenoxy) is 1. The van der Waals surface area contributed by atoms with Gasteiger partial charge in [0.15, 0.2) is 0 Å². The Bertz CT molecular complexity index is 1060. The quantitative estimate of drug-likeness (QED) is 0.623. The Hall–Kier alpha value is -2.97. The highest BCUT2D eigenvalue weighted by molar-refractivity contribution is 6.00. The summed E-state index contributed by atoms with van der Waals surface area (Å²) in [5, 5.41) is 10.00. The standard InChI is InChI=1S/C27H33N3O5/c1-3-13-28-14-7-11-20-21(24(28)32)22-25(33)30(18(2)17-31)23-26(34)29(15-8-12-27(22,23)35-20)16-19-9-5-4-6-10-19/h4-12,18,20-23,31H,3,13-17H2,1-2H3/t18-,20-,21+,22+,23?,27+/m1/s1. The Morgan fingerprint density at radius 2 is 1.80 bits per heavy atom. The van der Waals surface area contributed by atoms with Crippen LogP contribution in [-0.2, 0) is 25.7 Å². The average molecular weight is 480 g/mol. The summed E-state index contributed by atoms with van der Waals surface area (Å²) < 4.78 is 6.59. The van der Waals surface area contributed by atoms with Crippen molar-refractivity contribution >= 4 is 17.7 Å². The number of benzene rings is 1. The van der Waals surface area contributed by atoms with Gasteiger partial charge in [-0.2, -0.15) is 0 Å².